The van der Waals surface area contributed by atoms with Gasteiger partial charge in [0.1, 0.15) is 0 Å². The molecule has 0 amide bonds. The topological polar surface area (TPSA) is 69.4 Å². The van der Waals surface area contributed by atoms with Crippen molar-refractivity contribution >= 4 is 11.8 Å². The summed E-state index contributed by atoms with van der Waals surface area (Å²) in [6.07, 6.45) is 7.05. The molecule has 1 aromatic rings. The SMILES string of the molecule is CCCC(=O)OCCCc1ccc(C(=O)C2CCC(CN)CC2)cc1. The van der Waals surface area contributed by atoms with Gasteiger partial charge in [0.05, 0.1) is 6.61 Å². The molecule has 2 rings (SSSR count). The van der Waals surface area contributed by atoms with Crippen molar-refractivity contribution in [1.29, 1.82) is 0 Å². The second-order valence-electron chi connectivity index (χ2n) is 7.09. The zero-order chi connectivity index (χ0) is 18.1. The Kier molecular flexibility index (Phi) is 8.13. The van der Waals surface area contributed by atoms with Crippen LogP contribution >= 0.6 is 0 Å². The number of Topliss-reactive ketones (excluding diaryl/α,β-unsaturated/α-hetero) is 1. The van der Waals surface area contributed by atoms with Crippen LogP contribution < -0.4 is 5.73 Å². The van der Waals surface area contributed by atoms with E-state index < -0.39 is 0 Å². The van der Waals surface area contributed by atoms with E-state index in [0.717, 1.165) is 57.1 Å². The maximum atomic E-state index is 12.6. The lowest BCUT2D eigenvalue weighted by atomic mass is 9.78. The van der Waals surface area contributed by atoms with Crippen molar-refractivity contribution in [2.45, 2.75) is 58.3 Å². The Morgan fingerprint density at radius 1 is 1.12 bits per heavy atom. The summed E-state index contributed by atoms with van der Waals surface area (Å²) in [6.45, 7) is 3.17. The summed E-state index contributed by atoms with van der Waals surface area (Å²) in [4.78, 5) is 23.9. The number of hydrogen-bond acceptors (Lipinski definition) is 4. The first-order valence-electron chi connectivity index (χ1n) is 9.62. The van der Waals surface area contributed by atoms with Crippen LogP contribution in [-0.4, -0.2) is 24.9 Å². The van der Waals surface area contributed by atoms with Crippen LogP contribution in [0.4, 0.5) is 0 Å². The summed E-state index contributed by atoms with van der Waals surface area (Å²) in [5.74, 6) is 0.910. The van der Waals surface area contributed by atoms with Crippen LogP contribution in [0.5, 0.6) is 0 Å². The zero-order valence-corrected chi connectivity index (χ0v) is 15.3. The first-order chi connectivity index (χ1) is 12.1. The standard InChI is InChI=1S/C21H31NO3/c1-2-4-20(23)25-14-3-5-16-6-10-18(11-7-16)21(24)19-12-8-17(15-22)9-13-19/h6-7,10-11,17,19H,2-5,8-9,12-15,22H2,1H3. The van der Waals surface area contributed by atoms with Gasteiger partial charge in [-0.25, -0.2) is 0 Å². The number of hydrogen-bond donors (Lipinski definition) is 1. The number of ketones is 1. The number of rotatable bonds is 9. The van der Waals surface area contributed by atoms with Crippen molar-refractivity contribution in [3.8, 4) is 0 Å². The van der Waals surface area contributed by atoms with Crippen LogP contribution in [0, 0.1) is 11.8 Å². The fourth-order valence-electron chi connectivity index (χ4n) is 3.47. The Morgan fingerprint density at radius 3 is 2.40 bits per heavy atom. The maximum absolute atomic E-state index is 12.6. The van der Waals surface area contributed by atoms with E-state index in [1.54, 1.807) is 0 Å². The second-order valence-corrected chi connectivity index (χ2v) is 7.09. The first-order valence-corrected chi connectivity index (χ1v) is 9.62. The van der Waals surface area contributed by atoms with E-state index in [0.29, 0.717) is 18.9 Å². The molecule has 1 aliphatic carbocycles. The first kappa shape index (κ1) is 19.6. The van der Waals surface area contributed by atoms with Gasteiger partial charge >= 0.3 is 5.97 Å². The van der Waals surface area contributed by atoms with Gasteiger partial charge in [-0.2, -0.15) is 0 Å². The van der Waals surface area contributed by atoms with E-state index in [-0.39, 0.29) is 17.7 Å². The van der Waals surface area contributed by atoms with E-state index in [1.807, 2.05) is 31.2 Å². The van der Waals surface area contributed by atoms with E-state index >= 15 is 0 Å². The third-order valence-corrected chi connectivity index (χ3v) is 5.12. The Hall–Kier alpha value is -1.68. The maximum Gasteiger partial charge on any atom is 0.305 e. The van der Waals surface area contributed by atoms with Gasteiger partial charge in [0.25, 0.3) is 0 Å². The molecule has 0 bridgehead atoms. The molecular formula is C21H31NO3. The van der Waals surface area contributed by atoms with E-state index in [2.05, 4.69) is 0 Å². The van der Waals surface area contributed by atoms with Gasteiger partial charge in [-0.1, -0.05) is 31.2 Å². The number of benzene rings is 1. The molecule has 0 spiro atoms. The van der Waals surface area contributed by atoms with Crippen molar-refractivity contribution < 1.29 is 14.3 Å². The smallest absolute Gasteiger partial charge is 0.305 e. The van der Waals surface area contributed by atoms with Crippen LogP contribution in [0.2, 0.25) is 0 Å². The molecule has 0 aliphatic heterocycles. The second kappa shape index (κ2) is 10.3. The molecule has 1 fully saturated rings. The highest BCUT2D eigenvalue weighted by atomic mass is 16.5. The molecule has 0 aromatic heterocycles. The molecule has 4 nitrogen and oxygen atoms in total. The van der Waals surface area contributed by atoms with Crippen molar-refractivity contribution in [3.63, 3.8) is 0 Å². The van der Waals surface area contributed by atoms with Gasteiger partial charge in [-0.3, -0.25) is 9.59 Å². The molecular weight excluding hydrogens is 314 g/mol. The van der Waals surface area contributed by atoms with Crippen molar-refractivity contribution in [2.24, 2.45) is 17.6 Å². The number of aryl methyl sites for hydroxylation is 1. The molecule has 0 heterocycles. The minimum atomic E-state index is -0.118. The van der Waals surface area contributed by atoms with Gasteiger partial charge in [-0.05, 0) is 63.0 Å². The Labute approximate surface area is 151 Å². The van der Waals surface area contributed by atoms with E-state index in [1.165, 1.54) is 5.56 Å². The summed E-state index contributed by atoms with van der Waals surface area (Å²) >= 11 is 0. The van der Waals surface area contributed by atoms with Gasteiger partial charge in [0.15, 0.2) is 5.78 Å². The lowest BCUT2D eigenvalue weighted by molar-refractivity contribution is -0.143. The van der Waals surface area contributed by atoms with Crippen LogP contribution in [-0.2, 0) is 16.0 Å². The highest BCUT2D eigenvalue weighted by Crippen LogP contribution is 2.30. The summed E-state index contributed by atoms with van der Waals surface area (Å²) in [6, 6.07) is 7.92. The molecule has 25 heavy (non-hydrogen) atoms. The van der Waals surface area contributed by atoms with Crippen molar-refractivity contribution in [2.75, 3.05) is 13.2 Å². The van der Waals surface area contributed by atoms with Gasteiger partial charge in [0.2, 0.25) is 0 Å². The van der Waals surface area contributed by atoms with Crippen molar-refractivity contribution in [3.05, 3.63) is 35.4 Å². The molecule has 0 radical (unpaired) electrons. The number of nitrogens with two attached hydrogens (primary N) is 1. The Balaban J connectivity index is 1.75. The number of ether oxygens (including phenoxy) is 1. The number of esters is 1. The predicted molar refractivity (Wildman–Crippen MR) is 99.5 cm³/mol. The molecule has 1 saturated carbocycles. The van der Waals surface area contributed by atoms with E-state index in [4.69, 9.17) is 10.5 Å². The molecule has 0 unspecified atom stereocenters. The fraction of sp³-hybridized carbons (Fsp3) is 0.619. The minimum Gasteiger partial charge on any atom is -0.466 e. The molecule has 1 aromatic carbocycles. The normalized spacial score (nSPS) is 20.2. The van der Waals surface area contributed by atoms with Gasteiger partial charge in [-0.15, -0.1) is 0 Å². The van der Waals surface area contributed by atoms with Gasteiger partial charge < -0.3 is 10.5 Å². The molecule has 2 N–H and O–H groups in total. The average molecular weight is 345 g/mol. The summed E-state index contributed by atoms with van der Waals surface area (Å²) in [5.41, 5.74) is 7.71. The summed E-state index contributed by atoms with van der Waals surface area (Å²) in [5, 5.41) is 0. The summed E-state index contributed by atoms with van der Waals surface area (Å²) in [7, 11) is 0. The van der Waals surface area contributed by atoms with Crippen LogP contribution in [0.3, 0.4) is 0 Å². The largest absolute Gasteiger partial charge is 0.466 e. The molecule has 1 aliphatic rings. The molecule has 0 atom stereocenters. The number of carbonyl (C=O) groups excluding carboxylic acids is 2. The molecule has 138 valence electrons. The molecule has 0 saturated heterocycles. The summed E-state index contributed by atoms with van der Waals surface area (Å²) < 4.78 is 5.16. The lowest BCUT2D eigenvalue weighted by Gasteiger charge is -2.26. The van der Waals surface area contributed by atoms with Crippen LogP contribution in [0.1, 0.15) is 67.8 Å². The Morgan fingerprint density at radius 2 is 1.80 bits per heavy atom. The van der Waals surface area contributed by atoms with Gasteiger partial charge in [0, 0.05) is 17.9 Å². The minimum absolute atomic E-state index is 0.118. The van der Waals surface area contributed by atoms with Crippen LogP contribution in [0.15, 0.2) is 24.3 Å². The molecule has 4 heteroatoms. The van der Waals surface area contributed by atoms with E-state index in [9.17, 15) is 9.59 Å². The fourth-order valence-corrected chi connectivity index (χ4v) is 3.47. The third kappa shape index (κ3) is 6.28. The number of carbonyl (C=O) groups is 2. The average Bonchev–Trinajstić information content (AvgIpc) is 2.65. The Bertz CT molecular complexity index is 545. The van der Waals surface area contributed by atoms with Crippen molar-refractivity contribution in [1.82, 2.24) is 0 Å². The highest BCUT2D eigenvalue weighted by Gasteiger charge is 2.26. The highest BCUT2D eigenvalue weighted by molar-refractivity contribution is 5.97. The monoisotopic (exact) mass is 345 g/mol. The lowest BCUT2D eigenvalue weighted by Crippen LogP contribution is -2.25. The van der Waals surface area contributed by atoms with Crippen LogP contribution in [0.25, 0.3) is 0 Å². The quantitative estimate of drug-likeness (QED) is 0.418. The zero-order valence-electron chi connectivity index (χ0n) is 15.3. The predicted octanol–water partition coefficient (Wildman–Crippen LogP) is 3.91. The third-order valence-electron chi connectivity index (χ3n) is 5.12.